The standard InChI is InChI=1S/C9H10N4O/c1-13-6-7(3-12-13)9-10-4-8(14-2)5-11-9/h3-6H,1-2H3. The zero-order valence-electron chi connectivity index (χ0n) is 8.01. The Morgan fingerprint density at radius 3 is 2.43 bits per heavy atom. The smallest absolute Gasteiger partial charge is 0.162 e. The molecule has 0 aliphatic rings. The van der Waals surface area contributed by atoms with Crippen molar-refractivity contribution in [1.29, 1.82) is 0 Å². The van der Waals surface area contributed by atoms with Gasteiger partial charge in [0.1, 0.15) is 0 Å². The number of ether oxygens (including phenoxy) is 1. The van der Waals surface area contributed by atoms with Crippen molar-refractivity contribution in [3.05, 3.63) is 24.8 Å². The van der Waals surface area contributed by atoms with E-state index in [2.05, 4.69) is 15.1 Å². The van der Waals surface area contributed by atoms with E-state index in [1.807, 2.05) is 13.2 Å². The summed E-state index contributed by atoms with van der Waals surface area (Å²) in [6.45, 7) is 0. The molecule has 2 aromatic heterocycles. The van der Waals surface area contributed by atoms with Crippen LogP contribution in [0.15, 0.2) is 24.8 Å². The zero-order chi connectivity index (χ0) is 9.97. The van der Waals surface area contributed by atoms with E-state index >= 15 is 0 Å². The Labute approximate surface area is 81.4 Å². The molecule has 5 nitrogen and oxygen atoms in total. The Morgan fingerprint density at radius 1 is 1.21 bits per heavy atom. The molecule has 0 unspecified atom stereocenters. The first-order chi connectivity index (χ1) is 6.79. The summed E-state index contributed by atoms with van der Waals surface area (Å²) in [6.07, 6.45) is 6.86. The van der Waals surface area contributed by atoms with Gasteiger partial charge in [0.2, 0.25) is 0 Å². The van der Waals surface area contributed by atoms with E-state index in [0.29, 0.717) is 11.6 Å². The highest BCUT2D eigenvalue weighted by Gasteiger charge is 2.02. The predicted molar refractivity (Wildman–Crippen MR) is 50.8 cm³/mol. The van der Waals surface area contributed by atoms with E-state index in [1.165, 1.54) is 0 Å². The summed E-state index contributed by atoms with van der Waals surface area (Å²) in [6, 6.07) is 0. The lowest BCUT2D eigenvalue weighted by molar-refractivity contribution is 0.411. The van der Waals surface area contributed by atoms with Gasteiger partial charge in [-0.1, -0.05) is 0 Å². The molecule has 0 bridgehead atoms. The van der Waals surface area contributed by atoms with Crippen molar-refractivity contribution >= 4 is 0 Å². The Kier molecular flexibility index (Phi) is 2.14. The van der Waals surface area contributed by atoms with E-state index in [9.17, 15) is 0 Å². The third-order valence-electron chi connectivity index (χ3n) is 1.83. The SMILES string of the molecule is COc1cnc(-c2cnn(C)c2)nc1. The Morgan fingerprint density at radius 2 is 1.93 bits per heavy atom. The van der Waals surface area contributed by atoms with Crippen LogP contribution in [0.3, 0.4) is 0 Å². The molecule has 0 saturated heterocycles. The third kappa shape index (κ3) is 1.56. The van der Waals surface area contributed by atoms with Crippen molar-refractivity contribution in [2.24, 2.45) is 7.05 Å². The molecule has 0 aliphatic heterocycles. The highest BCUT2D eigenvalue weighted by Crippen LogP contribution is 2.14. The summed E-state index contributed by atoms with van der Waals surface area (Å²) >= 11 is 0. The molecule has 0 spiro atoms. The number of nitrogens with zero attached hydrogens (tertiary/aromatic N) is 4. The van der Waals surface area contributed by atoms with Crippen LogP contribution in [-0.4, -0.2) is 26.9 Å². The monoisotopic (exact) mass is 190 g/mol. The van der Waals surface area contributed by atoms with Crippen molar-refractivity contribution in [2.75, 3.05) is 7.11 Å². The first-order valence-corrected chi connectivity index (χ1v) is 4.14. The molecular weight excluding hydrogens is 180 g/mol. The van der Waals surface area contributed by atoms with Gasteiger partial charge in [-0.25, -0.2) is 9.97 Å². The minimum absolute atomic E-state index is 0.651. The molecule has 0 atom stereocenters. The lowest BCUT2D eigenvalue weighted by Crippen LogP contribution is -1.90. The van der Waals surface area contributed by atoms with E-state index < -0.39 is 0 Å². The van der Waals surface area contributed by atoms with Gasteiger partial charge >= 0.3 is 0 Å². The second-order valence-electron chi connectivity index (χ2n) is 2.85. The summed E-state index contributed by atoms with van der Waals surface area (Å²) in [4.78, 5) is 8.29. The van der Waals surface area contributed by atoms with E-state index in [-0.39, 0.29) is 0 Å². The van der Waals surface area contributed by atoms with Gasteiger partial charge in [-0.15, -0.1) is 0 Å². The molecule has 0 fully saturated rings. The van der Waals surface area contributed by atoms with Gasteiger partial charge in [-0.3, -0.25) is 4.68 Å². The van der Waals surface area contributed by atoms with Crippen LogP contribution in [-0.2, 0) is 7.05 Å². The molecule has 0 N–H and O–H groups in total. The second kappa shape index (κ2) is 3.45. The van der Waals surface area contributed by atoms with Gasteiger partial charge in [0.05, 0.1) is 31.3 Å². The molecule has 72 valence electrons. The summed E-state index contributed by atoms with van der Waals surface area (Å²) < 4.78 is 6.68. The topological polar surface area (TPSA) is 52.8 Å². The lowest BCUT2D eigenvalue weighted by atomic mass is 10.3. The highest BCUT2D eigenvalue weighted by atomic mass is 16.5. The van der Waals surface area contributed by atoms with Gasteiger partial charge in [0.25, 0.3) is 0 Å². The van der Waals surface area contributed by atoms with Crippen LogP contribution in [0.4, 0.5) is 0 Å². The van der Waals surface area contributed by atoms with E-state index in [4.69, 9.17) is 4.74 Å². The van der Waals surface area contributed by atoms with Crippen LogP contribution in [0.2, 0.25) is 0 Å². The number of hydrogen-bond acceptors (Lipinski definition) is 4. The summed E-state index contributed by atoms with van der Waals surface area (Å²) in [7, 11) is 3.44. The molecule has 0 radical (unpaired) electrons. The summed E-state index contributed by atoms with van der Waals surface area (Å²) in [5.41, 5.74) is 0.898. The summed E-state index contributed by atoms with van der Waals surface area (Å²) in [5, 5.41) is 4.04. The maximum Gasteiger partial charge on any atom is 0.162 e. The first-order valence-electron chi connectivity index (χ1n) is 4.14. The van der Waals surface area contributed by atoms with Crippen molar-refractivity contribution in [2.45, 2.75) is 0 Å². The second-order valence-corrected chi connectivity index (χ2v) is 2.85. The van der Waals surface area contributed by atoms with Crippen LogP contribution >= 0.6 is 0 Å². The fourth-order valence-electron chi connectivity index (χ4n) is 1.11. The minimum atomic E-state index is 0.651. The minimum Gasteiger partial charge on any atom is -0.494 e. The number of aromatic nitrogens is 4. The fraction of sp³-hybridized carbons (Fsp3) is 0.222. The fourth-order valence-corrected chi connectivity index (χ4v) is 1.11. The average molecular weight is 190 g/mol. The molecule has 0 saturated carbocycles. The van der Waals surface area contributed by atoms with Crippen molar-refractivity contribution in [3.8, 4) is 17.1 Å². The van der Waals surface area contributed by atoms with Crippen LogP contribution in [0.1, 0.15) is 0 Å². The quantitative estimate of drug-likeness (QED) is 0.705. The zero-order valence-corrected chi connectivity index (χ0v) is 8.01. The average Bonchev–Trinajstić information content (AvgIpc) is 2.65. The molecule has 0 aliphatic carbocycles. The number of aryl methyl sites for hydroxylation is 1. The van der Waals surface area contributed by atoms with Gasteiger partial charge < -0.3 is 4.74 Å². The molecule has 2 rings (SSSR count). The largest absolute Gasteiger partial charge is 0.494 e. The molecular formula is C9H10N4O. The molecule has 2 aromatic rings. The lowest BCUT2D eigenvalue weighted by Gasteiger charge is -1.98. The van der Waals surface area contributed by atoms with Crippen LogP contribution in [0.5, 0.6) is 5.75 Å². The van der Waals surface area contributed by atoms with Gasteiger partial charge in [-0.05, 0) is 0 Å². The third-order valence-corrected chi connectivity index (χ3v) is 1.83. The Balaban J connectivity index is 2.33. The van der Waals surface area contributed by atoms with Crippen LogP contribution in [0.25, 0.3) is 11.4 Å². The Bertz CT molecular complexity index is 421. The van der Waals surface area contributed by atoms with Crippen LogP contribution in [0, 0.1) is 0 Å². The van der Waals surface area contributed by atoms with E-state index in [0.717, 1.165) is 5.56 Å². The van der Waals surface area contributed by atoms with Crippen molar-refractivity contribution in [1.82, 2.24) is 19.7 Å². The highest BCUT2D eigenvalue weighted by molar-refractivity contribution is 5.51. The molecule has 5 heteroatoms. The maximum atomic E-state index is 4.96. The maximum absolute atomic E-state index is 4.96. The van der Waals surface area contributed by atoms with Gasteiger partial charge in [0.15, 0.2) is 11.6 Å². The van der Waals surface area contributed by atoms with Crippen LogP contribution < -0.4 is 4.74 Å². The number of hydrogen-bond donors (Lipinski definition) is 0. The normalized spacial score (nSPS) is 10.1. The van der Waals surface area contributed by atoms with E-state index in [1.54, 1.807) is 30.4 Å². The molecule has 0 amide bonds. The predicted octanol–water partition coefficient (Wildman–Crippen LogP) is 0.886. The van der Waals surface area contributed by atoms with Gasteiger partial charge in [-0.2, -0.15) is 5.10 Å². The Hall–Kier alpha value is -1.91. The summed E-state index contributed by atoms with van der Waals surface area (Å²) in [5.74, 6) is 1.30. The van der Waals surface area contributed by atoms with Crippen molar-refractivity contribution < 1.29 is 4.74 Å². The number of methoxy groups -OCH3 is 1. The number of rotatable bonds is 2. The van der Waals surface area contributed by atoms with Crippen molar-refractivity contribution in [3.63, 3.8) is 0 Å². The molecule has 14 heavy (non-hydrogen) atoms. The molecule has 2 heterocycles. The van der Waals surface area contributed by atoms with Gasteiger partial charge in [0, 0.05) is 13.2 Å². The molecule has 0 aromatic carbocycles. The first kappa shape index (κ1) is 8.68.